The van der Waals surface area contributed by atoms with Gasteiger partial charge in [0, 0.05) is 26.2 Å². The van der Waals surface area contributed by atoms with Crippen LogP contribution in [0.1, 0.15) is 13.8 Å². The standard InChI is InChI=1S/C17H25N3O3/c1-12-10-20(11-13(2)23-12)15-6-4-3-5-14(15)19-17(21)16-9-18-7-8-22-16/h3-6,12-13,16,18H,7-11H2,1-2H3,(H,19,21). The number of ether oxygens (including phenoxy) is 2. The number of benzene rings is 1. The Morgan fingerprint density at radius 1 is 1.26 bits per heavy atom. The highest BCUT2D eigenvalue weighted by atomic mass is 16.5. The van der Waals surface area contributed by atoms with Crippen LogP contribution in [0.5, 0.6) is 0 Å². The van der Waals surface area contributed by atoms with Crippen LogP contribution < -0.4 is 15.5 Å². The largest absolute Gasteiger partial charge is 0.372 e. The molecule has 2 saturated heterocycles. The van der Waals surface area contributed by atoms with Gasteiger partial charge in [-0.1, -0.05) is 12.1 Å². The van der Waals surface area contributed by atoms with Crippen LogP contribution in [0.15, 0.2) is 24.3 Å². The summed E-state index contributed by atoms with van der Waals surface area (Å²) in [5, 5.41) is 6.20. The first-order valence-corrected chi connectivity index (χ1v) is 8.26. The fraction of sp³-hybridized carbons (Fsp3) is 0.588. The van der Waals surface area contributed by atoms with Crippen molar-refractivity contribution in [3.63, 3.8) is 0 Å². The van der Waals surface area contributed by atoms with Gasteiger partial charge < -0.3 is 25.0 Å². The second kappa shape index (κ2) is 7.29. The molecule has 3 atom stereocenters. The number of nitrogens with zero attached hydrogens (tertiary/aromatic N) is 1. The van der Waals surface area contributed by atoms with Crippen LogP contribution in [0.2, 0.25) is 0 Å². The lowest BCUT2D eigenvalue weighted by atomic mass is 10.1. The zero-order valence-corrected chi connectivity index (χ0v) is 13.7. The second-order valence-electron chi connectivity index (χ2n) is 6.23. The third-order valence-corrected chi connectivity index (χ3v) is 4.14. The molecule has 0 aliphatic carbocycles. The van der Waals surface area contributed by atoms with Crippen LogP contribution in [0.4, 0.5) is 11.4 Å². The number of carbonyl (C=O) groups excluding carboxylic acids is 1. The molecule has 2 N–H and O–H groups in total. The molecule has 1 amide bonds. The van der Waals surface area contributed by atoms with Crippen LogP contribution in [-0.4, -0.2) is 57.0 Å². The van der Waals surface area contributed by atoms with E-state index in [1.165, 1.54) is 0 Å². The highest BCUT2D eigenvalue weighted by Gasteiger charge is 2.26. The maximum absolute atomic E-state index is 12.4. The van der Waals surface area contributed by atoms with Gasteiger partial charge in [0.05, 0.1) is 30.2 Å². The Morgan fingerprint density at radius 2 is 2.00 bits per heavy atom. The number of hydrogen-bond acceptors (Lipinski definition) is 5. The summed E-state index contributed by atoms with van der Waals surface area (Å²) in [7, 11) is 0. The van der Waals surface area contributed by atoms with E-state index in [1.807, 2.05) is 24.3 Å². The van der Waals surface area contributed by atoms with Crippen LogP contribution in [0.25, 0.3) is 0 Å². The molecule has 2 aliphatic heterocycles. The van der Waals surface area contributed by atoms with Gasteiger partial charge in [0.1, 0.15) is 6.10 Å². The topological polar surface area (TPSA) is 62.8 Å². The van der Waals surface area contributed by atoms with Crippen molar-refractivity contribution in [1.29, 1.82) is 0 Å². The normalized spacial score (nSPS) is 28.4. The maximum Gasteiger partial charge on any atom is 0.254 e. The number of anilines is 2. The van der Waals surface area contributed by atoms with E-state index in [2.05, 4.69) is 29.4 Å². The molecule has 1 aromatic rings. The summed E-state index contributed by atoms with van der Waals surface area (Å²) in [6, 6.07) is 7.91. The number of hydrogen-bond donors (Lipinski definition) is 2. The lowest BCUT2D eigenvalue weighted by Gasteiger charge is -2.37. The molecule has 0 spiro atoms. The Labute approximate surface area is 137 Å². The Balaban J connectivity index is 1.73. The van der Waals surface area contributed by atoms with E-state index in [0.717, 1.165) is 31.0 Å². The van der Waals surface area contributed by atoms with Crippen LogP contribution in [0.3, 0.4) is 0 Å². The minimum atomic E-state index is -0.431. The molecule has 1 aromatic carbocycles. The van der Waals surface area contributed by atoms with Gasteiger partial charge in [0.25, 0.3) is 5.91 Å². The molecule has 0 radical (unpaired) electrons. The minimum Gasteiger partial charge on any atom is -0.372 e. The van der Waals surface area contributed by atoms with E-state index in [9.17, 15) is 4.79 Å². The molecule has 2 aliphatic rings. The highest BCUT2D eigenvalue weighted by molar-refractivity contribution is 5.97. The summed E-state index contributed by atoms with van der Waals surface area (Å²) in [5.74, 6) is -0.0981. The van der Waals surface area contributed by atoms with Crippen molar-refractivity contribution in [3.8, 4) is 0 Å². The van der Waals surface area contributed by atoms with Crippen molar-refractivity contribution < 1.29 is 14.3 Å². The SMILES string of the molecule is CC1CN(c2ccccc2NC(=O)C2CNCCO2)CC(C)O1. The van der Waals surface area contributed by atoms with Gasteiger partial charge in [0.15, 0.2) is 0 Å². The quantitative estimate of drug-likeness (QED) is 0.877. The molecule has 2 heterocycles. The third-order valence-electron chi connectivity index (χ3n) is 4.14. The number of carbonyl (C=O) groups is 1. The number of para-hydroxylation sites is 2. The van der Waals surface area contributed by atoms with Crippen molar-refractivity contribution in [2.24, 2.45) is 0 Å². The Kier molecular flexibility index (Phi) is 5.15. The summed E-state index contributed by atoms with van der Waals surface area (Å²) in [6.45, 7) is 7.70. The summed E-state index contributed by atoms with van der Waals surface area (Å²) >= 11 is 0. The number of rotatable bonds is 3. The fourth-order valence-electron chi connectivity index (χ4n) is 3.18. The lowest BCUT2D eigenvalue weighted by molar-refractivity contribution is -0.128. The molecular weight excluding hydrogens is 294 g/mol. The predicted molar refractivity (Wildman–Crippen MR) is 89.9 cm³/mol. The molecule has 3 unspecified atom stereocenters. The summed E-state index contributed by atoms with van der Waals surface area (Å²) in [4.78, 5) is 14.7. The Bertz CT molecular complexity index is 536. The number of amides is 1. The zero-order valence-electron chi connectivity index (χ0n) is 13.7. The average molecular weight is 319 g/mol. The van der Waals surface area contributed by atoms with Gasteiger partial charge in [-0.05, 0) is 26.0 Å². The van der Waals surface area contributed by atoms with Crippen molar-refractivity contribution in [3.05, 3.63) is 24.3 Å². The molecule has 0 aromatic heterocycles. The smallest absolute Gasteiger partial charge is 0.254 e. The van der Waals surface area contributed by atoms with Gasteiger partial charge in [-0.3, -0.25) is 4.79 Å². The second-order valence-corrected chi connectivity index (χ2v) is 6.23. The van der Waals surface area contributed by atoms with E-state index in [0.29, 0.717) is 13.2 Å². The molecule has 0 bridgehead atoms. The van der Waals surface area contributed by atoms with Crippen LogP contribution in [0, 0.1) is 0 Å². The van der Waals surface area contributed by atoms with Crippen LogP contribution in [-0.2, 0) is 14.3 Å². The number of morpholine rings is 2. The summed E-state index contributed by atoms with van der Waals surface area (Å²) in [6.07, 6.45) is -0.0823. The summed E-state index contributed by atoms with van der Waals surface area (Å²) in [5.41, 5.74) is 1.86. The van der Waals surface area contributed by atoms with Crippen molar-refractivity contribution in [2.75, 3.05) is 43.0 Å². The van der Waals surface area contributed by atoms with E-state index >= 15 is 0 Å². The Hall–Kier alpha value is -1.63. The maximum atomic E-state index is 12.4. The number of nitrogens with one attached hydrogen (secondary N) is 2. The van der Waals surface area contributed by atoms with E-state index in [-0.39, 0.29) is 18.1 Å². The molecule has 3 rings (SSSR count). The van der Waals surface area contributed by atoms with E-state index < -0.39 is 6.10 Å². The van der Waals surface area contributed by atoms with E-state index in [1.54, 1.807) is 0 Å². The molecule has 6 nitrogen and oxygen atoms in total. The van der Waals surface area contributed by atoms with E-state index in [4.69, 9.17) is 9.47 Å². The van der Waals surface area contributed by atoms with Gasteiger partial charge in [0.2, 0.25) is 0 Å². The molecule has 23 heavy (non-hydrogen) atoms. The average Bonchev–Trinajstić information content (AvgIpc) is 2.55. The van der Waals surface area contributed by atoms with Crippen molar-refractivity contribution in [2.45, 2.75) is 32.2 Å². The van der Waals surface area contributed by atoms with Crippen molar-refractivity contribution >= 4 is 17.3 Å². The monoisotopic (exact) mass is 319 g/mol. The molecule has 2 fully saturated rings. The first kappa shape index (κ1) is 16.2. The Morgan fingerprint density at radius 3 is 2.70 bits per heavy atom. The first-order valence-electron chi connectivity index (χ1n) is 8.26. The highest BCUT2D eigenvalue weighted by Crippen LogP contribution is 2.28. The lowest BCUT2D eigenvalue weighted by Crippen LogP contribution is -2.47. The van der Waals surface area contributed by atoms with Crippen LogP contribution >= 0.6 is 0 Å². The third kappa shape index (κ3) is 4.02. The zero-order chi connectivity index (χ0) is 16.2. The fourth-order valence-corrected chi connectivity index (χ4v) is 3.18. The van der Waals surface area contributed by atoms with Gasteiger partial charge >= 0.3 is 0 Å². The molecule has 6 heteroatoms. The molecule has 0 saturated carbocycles. The van der Waals surface area contributed by atoms with Gasteiger partial charge in [-0.2, -0.15) is 0 Å². The van der Waals surface area contributed by atoms with Gasteiger partial charge in [-0.15, -0.1) is 0 Å². The van der Waals surface area contributed by atoms with Gasteiger partial charge in [-0.25, -0.2) is 0 Å². The minimum absolute atomic E-state index is 0.0981. The molecular formula is C17H25N3O3. The first-order chi connectivity index (χ1) is 11.1. The van der Waals surface area contributed by atoms with Crippen molar-refractivity contribution in [1.82, 2.24) is 5.32 Å². The predicted octanol–water partition coefficient (Wildman–Crippen LogP) is 1.23. The molecule has 126 valence electrons. The summed E-state index contributed by atoms with van der Waals surface area (Å²) < 4.78 is 11.3.